The van der Waals surface area contributed by atoms with E-state index in [0.29, 0.717) is 5.02 Å². The van der Waals surface area contributed by atoms with Crippen molar-refractivity contribution in [3.05, 3.63) is 69.5 Å². The van der Waals surface area contributed by atoms with Crippen molar-refractivity contribution in [3.63, 3.8) is 0 Å². The monoisotopic (exact) mass is 301 g/mol. The maximum Gasteiger partial charge on any atom is 0.249 e. The van der Waals surface area contributed by atoms with Gasteiger partial charge in [0.25, 0.3) is 0 Å². The molecule has 0 atom stereocenters. The Morgan fingerprint density at radius 1 is 1.05 bits per heavy atom. The lowest BCUT2D eigenvalue weighted by atomic mass is 10.1. The Kier molecular flexibility index (Phi) is 3.55. The SMILES string of the molecule is Cc1ccc2c(Sc3ccc(Cl)cc3)cc(=O)[nH]c2c1. The van der Waals surface area contributed by atoms with Crippen LogP contribution in [0, 0.1) is 6.92 Å². The van der Waals surface area contributed by atoms with Gasteiger partial charge in [0.2, 0.25) is 5.56 Å². The van der Waals surface area contributed by atoms with E-state index in [9.17, 15) is 4.79 Å². The summed E-state index contributed by atoms with van der Waals surface area (Å²) in [5.41, 5.74) is 1.91. The lowest BCUT2D eigenvalue weighted by Crippen LogP contribution is -2.04. The Morgan fingerprint density at radius 2 is 1.80 bits per heavy atom. The highest BCUT2D eigenvalue weighted by Crippen LogP contribution is 2.32. The first kappa shape index (κ1) is 13.3. The maximum absolute atomic E-state index is 11.8. The Morgan fingerprint density at radius 3 is 2.55 bits per heavy atom. The molecular weight excluding hydrogens is 290 g/mol. The highest BCUT2D eigenvalue weighted by Gasteiger charge is 2.06. The highest BCUT2D eigenvalue weighted by molar-refractivity contribution is 7.99. The van der Waals surface area contributed by atoms with E-state index >= 15 is 0 Å². The smallest absolute Gasteiger partial charge is 0.249 e. The predicted molar refractivity (Wildman–Crippen MR) is 84.9 cm³/mol. The number of aromatic amines is 1. The van der Waals surface area contributed by atoms with Crippen LogP contribution in [0.15, 0.2) is 63.1 Å². The first-order valence-electron chi connectivity index (χ1n) is 6.19. The van der Waals surface area contributed by atoms with Crippen LogP contribution >= 0.6 is 23.4 Å². The molecule has 1 heterocycles. The molecule has 0 bridgehead atoms. The van der Waals surface area contributed by atoms with Gasteiger partial charge in [0.15, 0.2) is 0 Å². The molecule has 0 aliphatic rings. The van der Waals surface area contributed by atoms with Gasteiger partial charge in [0.1, 0.15) is 0 Å². The van der Waals surface area contributed by atoms with E-state index in [1.807, 2.05) is 49.4 Å². The van der Waals surface area contributed by atoms with Crippen LogP contribution in [0.2, 0.25) is 5.02 Å². The molecule has 1 N–H and O–H groups in total. The average Bonchev–Trinajstić information content (AvgIpc) is 2.40. The molecule has 0 spiro atoms. The topological polar surface area (TPSA) is 32.9 Å². The Labute approximate surface area is 125 Å². The van der Waals surface area contributed by atoms with Crippen LogP contribution in [0.3, 0.4) is 0 Å². The normalized spacial score (nSPS) is 10.9. The van der Waals surface area contributed by atoms with Crippen molar-refractivity contribution < 1.29 is 0 Å². The fraction of sp³-hybridized carbons (Fsp3) is 0.0625. The molecule has 20 heavy (non-hydrogen) atoms. The van der Waals surface area contributed by atoms with Crippen molar-refractivity contribution in [1.29, 1.82) is 0 Å². The molecule has 0 aliphatic heterocycles. The van der Waals surface area contributed by atoms with Crippen molar-refractivity contribution in [1.82, 2.24) is 4.98 Å². The third kappa shape index (κ3) is 2.74. The van der Waals surface area contributed by atoms with Crippen LogP contribution in [0.5, 0.6) is 0 Å². The zero-order chi connectivity index (χ0) is 14.1. The summed E-state index contributed by atoms with van der Waals surface area (Å²) in [6.45, 7) is 2.01. The predicted octanol–water partition coefficient (Wildman–Crippen LogP) is 4.64. The molecule has 0 fully saturated rings. The summed E-state index contributed by atoms with van der Waals surface area (Å²) in [6, 6.07) is 15.3. The second-order valence-corrected chi connectivity index (χ2v) is 6.15. The summed E-state index contributed by atoms with van der Waals surface area (Å²) in [4.78, 5) is 16.7. The summed E-state index contributed by atoms with van der Waals surface area (Å²) >= 11 is 7.46. The van der Waals surface area contributed by atoms with Gasteiger partial charge in [-0.2, -0.15) is 0 Å². The minimum atomic E-state index is -0.0837. The Hall–Kier alpha value is -1.71. The van der Waals surface area contributed by atoms with Gasteiger partial charge in [0.05, 0.1) is 0 Å². The summed E-state index contributed by atoms with van der Waals surface area (Å²) < 4.78 is 0. The van der Waals surface area contributed by atoms with E-state index in [0.717, 1.165) is 26.3 Å². The second-order valence-electron chi connectivity index (χ2n) is 4.60. The minimum absolute atomic E-state index is 0.0837. The van der Waals surface area contributed by atoms with Crippen LogP contribution in [-0.4, -0.2) is 4.98 Å². The Bertz CT molecular complexity index is 824. The second kappa shape index (κ2) is 5.35. The number of nitrogens with one attached hydrogen (secondary N) is 1. The molecule has 2 aromatic carbocycles. The zero-order valence-electron chi connectivity index (χ0n) is 10.8. The molecule has 1 aromatic heterocycles. The zero-order valence-corrected chi connectivity index (χ0v) is 12.4. The summed E-state index contributed by atoms with van der Waals surface area (Å²) in [5.74, 6) is 0. The number of rotatable bonds is 2. The van der Waals surface area contributed by atoms with Gasteiger partial charge in [-0.1, -0.05) is 35.5 Å². The van der Waals surface area contributed by atoms with Gasteiger partial charge in [-0.3, -0.25) is 4.79 Å². The number of halogens is 1. The molecule has 2 nitrogen and oxygen atoms in total. The van der Waals surface area contributed by atoms with E-state index in [2.05, 4.69) is 4.98 Å². The van der Waals surface area contributed by atoms with Crippen molar-refractivity contribution >= 4 is 34.3 Å². The van der Waals surface area contributed by atoms with Crippen molar-refractivity contribution in [2.24, 2.45) is 0 Å². The van der Waals surface area contributed by atoms with E-state index in [1.165, 1.54) is 0 Å². The standard InChI is InChI=1S/C16H12ClNOS/c1-10-2-7-13-14(8-10)18-16(19)9-15(13)20-12-5-3-11(17)4-6-12/h2-9H,1H3,(H,18,19). The quantitative estimate of drug-likeness (QED) is 0.748. The number of H-pyrrole nitrogens is 1. The molecule has 3 rings (SSSR count). The number of benzene rings is 2. The van der Waals surface area contributed by atoms with Gasteiger partial charge in [0, 0.05) is 31.8 Å². The maximum atomic E-state index is 11.8. The molecule has 0 saturated carbocycles. The van der Waals surface area contributed by atoms with E-state index in [1.54, 1.807) is 17.8 Å². The number of hydrogen-bond acceptors (Lipinski definition) is 2. The van der Waals surface area contributed by atoms with Gasteiger partial charge < -0.3 is 4.98 Å². The van der Waals surface area contributed by atoms with E-state index in [4.69, 9.17) is 11.6 Å². The number of fused-ring (bicyclic) bond motifs is 1. The number of hydrogen-bond donors (Lipinski definition) is 1. The third-order valence-corrected chi connectivity index (χ3v) is 4.32. The van der Waals surface area contributed by atoms with Crippen LogP contribution in [0.1, 0.15) is 5.56 Å². The summed E-state index contributed by atoms with van der Waals surface area (Å²) in [7, 11) is 0. The number of aryl methyl sites for hydroxylation is 1. The third-order valence-electron chi connectivity index (χ3n) is 3.00. The van der Waals surface area contributed by atoms with Crippen molar-refractivity contribution in [2.75, 3.05) is 0 Å². The van der Waals surface area contributed by atoms with Crippen LogP contribution in [0.4, 0.5) is 0 Å². The largest absolute Gasteiger partial charge is 0.322 e. The first-order valence-corrected chi connectivity index (χ1v) is 7.38. The molecular formula is C16H12ClNOS. The lowest BCUT2D eigenvalue weighted by molar-refractivity contribution is 1.25. The minimum Gasteiger partial charge on any atom is -0.322 e. The molecule has 3 aromatic rings. The molecule has 0 amide bonds. The molecule has 0 radical (unpaired) electrons. The molecule has 100 valence electrons. The highest BCUT2D eigenvalue weighted by atomic mass is 35.5. The molecule has 0 unspecified atom stereocenters. The van der Waals surface area contributed by atoms with Gasteiger partial charge in [-0.25, -0.2) is 0 Å². The van der Waals surface area contributed by atoms with Crippen molar-refractivity contribution in [2.45, 2.75) is 16.7 Å². The Balaban J connectivity index is 2.11. The fourth-order valence-electron chi connectivity index (χ4n) is 2.06. The van der Waals surface area contributed by atoms with Crippen LogP contribution in [0.25, 0.3) is 10.9 Å². The lowest BCUT2D eigenvalue weighted by Gasteiger charge is -2.07. The first-order chi connectivity index (χ1) is 9.61. The van der Waals surface area contributed by atoms with Crippen LogP contribution in [-0.2, 0) is 0 Å². The summed E-state index contributed by atoms with van der Waals surface area (Å²) in [5, 5.41) is 1.76. The fourth-order valence-corrected chi connectivity index (χ4v) is 3.16. The van der Waals surface area contributed by atoms with Gasteiger partial charge >= 0.3 is 0 Å². The van der Waals surface area contributed by atoms with Gasteiger partial charge in [-0.15, -0.1) is 0 Å². The molecule has 0 saturated heterocycles. The molecule has 0 aliphatic carbocycles. The van der Waals surface area contributed by atoms with E-state index in [-0.39, 0.29) is 5.56 Å². The van der Waals surface area contributed by atoms with Gasteiger partial charge in [-0.05, 0) is 42.8 Å². The van der Waals surface area contributed by atoms with Crippen molar-refractivity contribution in [3.8, 4) is 0 Å². The van der Waals surface area contributed by atoms with E-state index < -0.39 is 0 Å². The number of aromatic nitrogens is 1. The molecule has 4 heteroatoms. The number of pyridine rings is 1. The van der Waals surface area contributed by atoms with Crippen LogP contribution < -0.4 is 5.56 Å². The summed E-state index contributed by atoms with van der Waals surface area (Å²) in [6.07, 6.45) is 0. The average molecular weight is 302 g/mol.